The van der Waals surface area contributed by atoms with E-state index in [1.54, 1.807) is 7.11 Å². The van der Waals surface area contributed by atoms with E-state index in [-0.39, 0.29) is 18.7 Å². The second-order valence-corrected chi connectivity index (χ2v) is 2.71. The SMILES string of the molecule is COCCCNC(=O)CCC(=O)NF. The summed E-state index contributed by atoms with van der Waals surface area (Å²) in [5.41, 5.74) is 0.958. The number of rotatable bonds is 7. The van der Waals surface area contributed by atoms with Crippen LogP contribution in [0.25, 0.3) is 0 Å². The Kier molecular flexibility index (Phi) is 7.72. The highest BCUT2D eigenvalue weighted by Crippen LogP contribution is 1.89. The predicted molar refractivity (Wildman–Crippen MR) is 48.0 cm³/mol. The predicted octanol–water partition coefficient (Wildman–Crippen LogP) is -0.0800. The summed E-state index contributed by atoms with van der Waals surface area (Å²) < 4.78 is 16.2. The van der Waals surface area contributed by atoms with Gasteiger partial charge in [-0.3, -0.25) is 9.59 Å². The lowest BCUT2D eigenvalue weighted by atomic mass is 10.3. The highest BCUT2D eigenvalue weighted by Gasteiger charge is 2.05. The number of amides is 2. The van der Waals surface area contributed by atoms with E-state index in [1.807, 2.05) is 0 Å². The number of carbonyl (C=O) groups is 2. The Morgan fingerprint density at radius 1 is 1.29 bits per heavy atom. The summed E-state index contributed by atoms with van der Waals surface area (Å²) >= 11 is 0. The lowest BCUT2D eigenvalue weighted by molar-refractivity contribution is -0.128. The molecule has 2 N–H and O–H groups in total. The van der Waals surface area contributed by atoms with E-state index in [0.29, 0.717) is 13.2 Å². The van der Waals surface area contributed by atoms with Crippen molar-refractivity contribution in [1.29, 1.82) is 0 Å². The van der Waals surface area contributed by atoms with E-state index >= 15 is 0 Å². The lowest BCUT2D eigenvalue weighted by Crippen LogP contribution is -2.26. The first-order valence-electron chi connectivity index (χ1n) is 4.35. The van der Waals surface area contributed by atoms with Crippen molar-refractivity contribution < 1.29 is 18.8 Å². The normalized spacial score (nSPS) is 9.57. The summed E-state index contributed by atoms with van der Waals surface area (Å²) in [6, 6.07) is 0. The fourth-order valence-corrected chi connectivity index (χ4v) is 0.807. The van der Waals surface area contributed by atoms with Crippen molar-refractivity contribution in [3.05, 3.63) is 0 Å². The first kappa shape index (κ1) is 12.8. The molecule has 0 radical (unpaired) electrons. The molecule has 0 spiro atoms. The standard InChI is InChI=1S/C8H15FN2O3/c1-14-6-2-5-10-7(12)3-4-8(13)11-9/h2-6H2,1H3,(H,10,12)(H,11,13). The van der Waals surface area contributed by atoms with Crippen LogP contribution in [-0.2, 0) is 14.3 Å². The minimum Gasteiger partial charge on any atom is -0.385 e. The minimum absolute atomic E-state index is 0.00271. The summed E-state index contributed by atoms with van der Waals surface area (Å²) in [5.74, 6) is -1.04. The first-order chi connectivity index (χ1) is 6.70. The molecule has 0 aromatic rings. The van der Waals surface area contributed by atoms with Crippen LogP contribution >= 0.6 is 0 Å². The van der Waals surface area contributed by atoms with Gasteiger partial charge in [0.15, 0.2) is 0 Å². The molecule has 14 heavy (non-hydrogen) atoms. The van der Waals surface area contributed by atoms with Crippen LogP contribution in [0.2, 0.25) is 0 Å². The van der Waals surface area contributed by atoms with Gasteiger partial charge in [0.05, 0.1) is 0 Å². The molecule has 0 rings (SSSR count). The van der Waals surface area contributed by atoms with E-state index in [2.05, 4.69) is 5.32 Å². The molecule has 0 bridgehead atoms. The van der Waals surface area contributed by atoms with Crippen LogP contribution in [0.5, 0.6) is 0 Å². The van der Waals surface area contributed by atoms with Crippen molar-refractivity contribution in [3.63, 3.8) is 0 Å². The van der Waals surface area contributed by atoms with Crippen LogP contribution < -0.4 is 10.9 Å². The summed E-state index contributed by atoms with van der Waals surface area (Å²) in [6.07, 6.45) is 0.590. The molecule has 6 heteroatoms. The van der Waals surface area contributed by atoms with Crippen LogP contribution in [0.4, 0.5) is 4.48 Å². The fraction of sp³-hybridized carbons (Fsp3) is 0.750. The van der Waals surface area contributed by atoms with Gasteiger partial charge in [-0.2, -0.15) is 5.54 Å². The molecule has 0 saturated heterocycles. The molecule has 0 aromatic carbocycles. The Labute approximate surface area is 81.9 Å². The largest absolute Gasteiger partial charge is 0.385 e. The molecule has 0 aromatic heterocycles. The molecule has 0 heterocycles. The maximum atomic E-state index is 11.4. The third-order valence-corrected chi connectivity index (χ3v) is 1.53. The number of nitrogens with one attached hydrogen (secondary N) is 2. The van der Waals surface area contributed by atoms with Gasteiger partial charge in [0.1, 0.15) is 0 Å². The average molecular weight is 206 g/mol. The number of methoxy groups -OCH3 is 1. The fourth-order valence-electron chi connectivity index (χ4n) is 0.807. The minimum atomic E-state index is -0.781. The second kappa shape index (κ2) is 8.43. The van der Waals surface area contributed by atoms with Crippen molar-refractivity contribution in [1.82, 2.24) is 10.9 Å². The molecule has 0 aliphatic carbocycles. The van der Waals surface area contributed by atoms with Crippen molar-refractivity contribution in [3.8, 4) is 0 Å². The Morgan fingerprint density at radius 2 is 1.93 bits per heavy atom. The Hall–Kier alpha value is -1.17. The van der Waals surface area contributed by atoms with Gasteiger partial charge in [-0.1, -0.05) is 0 Å². The zero-order chi connectivity index (χ0) is 10.8. The van der Waals surface area contributed by atoms with Gasteiger partial charge >= 0.3 is 0 Å². The van der Waals surface area contributed by atoms with Crippen LogP contribution in [-0.4, -0.2) is 32.1 Å². The van der Waals surface area contributed by atoms with Crippen molar-refractivity contribution in [2.75, 3.05) is 20.3 Å². The molecule has 0 saturated carbocycles. The van der Waals surface area contributed by atoms with E-state index in [0.717, 1.165) is 12.0 Å². The topological polar surface area (TPSA) is 67.4 Å². The maximum absolute atomic E-state index is 11.4. The number of hydrogen-bond acceptors (Lipinski definition) is 3. The van der Waals surface area contributed by atoms with Gasteiger partial charge < -0.3 is 10.1 Å². The lowest BCUT2D eigenvalue weighted by Gasteiger charge is -2.03. The maximum Gasteiger partial charge on any atom is 0.248 e. The Morgan fingerprint density at radius 3 is 2.50 bits per heavy atom. The molecule has 2 amide bonds. The number of halogens is 1. The van der Waals surface area contributed by atoms with Gasteiger partial charge in [0, 0.05) is 33.1 Å². The highest BCUT2D eigenvalue weighted by molar-refractivity contribution is 5.83. The van der Waals surface area contributed by atoms with Crippen LogP contribution in [0, 0.1) is 0 Å². The molecular weight excluding hydrogens is 191 g/mol. The van der Waals surface area contributed by atoms with Crippen molar-refractivity contribution in [2.24, 2.45) is 0 Å². The molecule has 0 atom stereocenters. The average Bonchev–Trinajstić information content (AvgIpc) is 2.21. The van der Waals surface area contributed by atoms with Crippen molar-refractivity contribution in [2.45, 2.75) is 19.3 Å². The van der Waals surface area contributed by atoms with Crippen LogP contribution in [0.15, 0.2) is 0 Å². The molecule has 0 unspecified atom stereocenters. The van der Waals surface area contributed by atoms with Gasteiger partial charge in [-0.15, -0.1) is 4.48 Å². The third kappa shape index (κ3) is 7.48. The molecular formula is C8H15FN2O3. The van der Waals surface area contributed by atoms with E-state index < -0.39 is 5.91 Å². The summed E-state index contributed by atoms with van der Waals surface area (Å²) in [7, 11) is 1.58. The van der Waals surface area contributed by atoms with Gasteiger partial charge in [-0.25, -0.2) is 0 Å². The summed E-state index contributed by atoms with van der Waals surface area (Å²) in [6.45, 7) is 1.08. The first-order valence-corrected chi connectivity index (χ1v) is 4.35. The van der Waals surface area contributed by atoms with E-state index in [1.165, 1.54) is 0 Å². The van der Waals surface area contributed by atoms with E-state index in [9.17, 15) is 14.1 Å². The number of hydrogen-bond donors (Lipinski definition) is 2. The Balaban J connectivity index is 3.32. The molecule has 0 fully saturated rings. The zero-order valence-electron chi connectivity index (χ0n) is 8.14. The summed E-state index contributed by atoms with van der Waals surface area (Å²) in [5, 5.41) is 2.58. The Bertz CT molecular complexity index is 187. The smallest absolute Gasteiger partial charge is 0.248 e. The molecule has 5 nitrogen and oxygen atoms in total. The number of carbonyl (C=O) groups excluding carboxylic acids is 2. The van der Waals surface area contributed by atoms with Gasteiger partial charge in [0.25, 0.3) is 0 Å². The van der Waals surface area contributed by atoms with E-state index in [4.69, 9.17) is 4.74 Å². The van der Waals surface area contributed by atoms with Crippen LogP contribution in [0.1, 0.15) is 19.3 Å². The molecule has 82 valence electrons. The quantitative estimate of drug-likeness (QED) is 0.452. The van der Waals surface area contributed by atoms with Crippen LogP contribution in [0.3, 0.4) is 0 Å². The van der Waals surface area contributed by atoms with Crippen molar-refractivity contribution >= 4 is 11.8 Å². The highest BCUT2D eigenvalue weighted by atomic mass is 19.2. The molecule has 0 aliphatic rings. The van der Waals surface area contributed by atoms with Gasteiger partial charge in [-0.05, 0) is 6.42 Å². The second-order valence-electron chi connectivity index (χ2n) is 2.71. The zero-order valence-corrected chi connectivity index (χ0v) is 8.14. The molecule has 0 aliphatic heterocycles. The van der Waals surface area contributed by atoms with Gasteiger partial charge in [0.2, 0.25) is 11.8 Å². The third-order valence-electron chi connectivity index (χ3n) is 1.53. The monoisotopic (exact) mass is 206 g/mol. The summed E-state index contributed by atoms with van der Waals surface area (Å²) in [4.78, 5) is 21.4. The number of ether oxygens (including phenoxy) is 1.